The highest BCUT2D eigenvalue weighted by Gasteiger charge is 2.14. The summed E-state index contributed by atoms with van der Waals surface area (Å²) in [5.74, 6) is 0.694. The van der Waals surface area contributed by atoms with E-state index in [1.807, 2.05) is 6.08 Å². The van der Waals surface area contributed by atoms with Crippen molar-refractivity contribution in [2.24, 2.45) is 0 Å². The molecule has 0 fully saturated rings. The number of allylic oxidation sites excluding steroid dienone is 2. The van der Waals surface area contributed by atoms with E-state index in [0.717, 1.165) is 18.6 Å². The van der Waals surface area contributed by atoms with Gasteiger partial charge in [-0.25, -0.2) is 0 Å². The number of likely N-dealkylation sites (N-methyl/N-ethyl adjacent to an activating group) is 1. The molecular formula is C9H13NO2. The van der Waals surface area contributed by atoms with Crippen LogP contribution in [0, 0.1) is 0 Å². The zero-order valence-corrected chi connectivity index (χ0v) is 7.39. The van der Waals surface area contributed by atoms with Gasteiger partial charge >= 0.3 is 0 Å². The molecule has 0 radical (unpaired) electrons. The van der Waals surface area contributed by atoms with Gasteiger partial charge in [0.25, 0.3) is 5.91 Å². The van der Waals surface area contributed by atoms with Crippen LogP contribution in [0.15, 0.2) is 23.5 Å². The van der Waals surface area contributed by atoms with E-state index >= 15 is 0 Å². The quantitative estimate of drug-likeness (QED) is 0.665. The Bertz CT molecular complexity index is 241. The Morgan fingerprint density at radius 1 is 1.67 bits per heavy atom. The van der Waals surface area contributed by atoms with E-state index in [1.165, 1.54) is 0 Å². The number of rotatable bonds is 2. The molecule has 0 aromatic heterocycles. The minimum absolute atomic E-state index is 0.0807. The van der Waals surface area contributed by atoms with Crippen molar-refractivity contribution < 1.29 is 9.53 Å². The SMILES string of the molecule is CNC(=O)C1=C(OC)CCC=C1. The second-order valence-corrected chi connectivity index (χ2v) is 2.56. The Labute approximate surface area is 72.1 Å². The van der Waals surface area contributed by atoms with E-state index in [4.69, 9.17) is 4.74 Å². The summed E-state index contributed by atoms with van der Waals surface area (Å²) in [6.07, 6.45) is 5.55. The number of carbonyl (C=O) groups excluding carboxylic acids is 1. The van der Waals surface area contributed by atoms with Gasteiger partial charge in [-0.2, -0.15) is 0 Å². The molecule has 3 heteroatoms. The topological polar surface area (TPSA) is 38.3 Å². The van der Waals surface area contributed by atoms with Crippen LogP contribution in [0.5, 0.6) is 0 Å². The Hall–Kier alpha value is -1.25. The minimum atomic E-state index is -0.0807. The number of hydrogen-bond donors (Lipinski definition) is 1. The van der Waals surface area contributed by atoms with Gasteiger partial charge in [0.1, 0.15) is 5.76 Å². The van der Waals surface area contributed by atoms with Crippen molar-refractivity contribution in [1.82, 2.24) is 5.32 Å². The van der Waals surface area contributed by atoms with Crippen molar-refractivity contribution >= 4 is 5.91 Å². The highest BCUT2D eigenvalue weighted by Crippen LogP contribution is 2.19. The number of carbonyl (C=O) groups is 1. The van der Waals surface area contributed by atoms with Crippen molar-refractivity contribution in [3.05, 3.63) is 23.5 Å². The smallest absolute Gasteiger partial charge is 0.254 e. The summed E-state index contributed by atoms with van der Waals surface area (Å²) in [5, 5.41) is 2.57. The van der Waals surface area contributed by atoms with E-state index < -0.39 is 0 Å². The summed E-state index contributed by atoms with van der Waals surface area (Å²) in [7, 11) is 3.21. The average molecular weight is 167 g/mol. The fraction of sp³-hybridized carbons (Fsp3) is 0.444. The summed E-state index contributed by atoms with van der Waals surface area (Å²) in [6, 6.07) is 0. The maximum Gasteiger partial charge on any atom is 0.254 e. The lowest BCUT2D eigenvalue weighted by Gasteiger charge is -2.12. The highest BCUT2D eigenvalue weighted by molar-refractivity contribution is 5.96. The summed E-state index contributed by atoms with van der Waals surface area (Å²) in [5.41, 5.74) is 0.645. The van der Waals surface area contributed by atoms with Gasteiger partial charge in [-0.1, -0.05) is 12.2 Å². The third-order valence-corrected chi connectivity index (χ3v) is 1.84. The number of nitrogens with one attached hydrogen (secondary N) is 1. The molecule has 0 heterocycles. The molecule has 0 spiro atoms. The lowest BCUT2D eigenvalue weighted by Crippen LogP contribution is -2.21. The van der Waals surface area contributed by atoms with Crippen LogP contribution in [0.25, 0.3) is 0 Å². The van der Waals surface area contributed by atoms with E-state index in [-0.39, 0.29) is 5.91 Å². The molecule has 0 saturated heterocycles. The first-order valence-corrected chi connectivity index (χ1v) is 3.95. The summed E-state index contributed by atoms with van der Waals surface area (Å²) in [4.78, 5) is 11.2. The third-order valence-electron chi connectivity index (χ3n) is 1.84. The molecule has 0 bridgehead atoms. The molecule has 3 nitrogen and oxygen atoms in total. The summed E-state index contributed by atoms with van der Waals surface area (Å²) in [6.45, 7) is 0. The first-order valence-electron chi connectivity index (χ1n) is 3.95. The lowest BCUT2D eigenvalue weighted by atomic mass is 10.0. The first-order chi connectivity index (χ1) is 5.79. The fourth-order valence-corrected chi connectivity index (χ4v) is 1.19. The zero-order valence-electron chi connectivity index (χ0n) is 7.39. The van der Waals surface area contributed by atoms with Gasteiger partial charge in [-0.05, 0) is 6.42 Å². The molecule has 0 aromatic rings. The second-order valence-electron chi connectivity index (χ2n) is 2.56. The molecular weight excluding hydrogens is 154 g/mol. The fourth-order valence-electron chi connectivity index (χ4n) is 1.19. The number of amides is 1. The Kier molecular flexibility index (Phi) is 2.91. The maximum absolute atomic E-state index is 11.2. The molecule has 0 unspecified atom stereocenters. The first kappa shape index (κ1) is 8.84. The van der Waals surface area contributed by atoms with E-state index in [2.05, 4.69) is 5.32 Å². The molecule has 0 aromatic carbocycles. The largest absolute Gasteiger partial charge is 0.500 e. The van der Waals surface area contributed by atoms with Crippen LogP contribution >= 0.6 is 0 Å². The number of hydrogen-bond acceptors (Lipinski definition) is 2. The molecule has 0 atom stereocenters. The van der Waals surface area contributed by atoms with Gasteiger partial charge < -0.3 is 10.1 Å². The monoisotopic (exact) mass is 167 g/mol. The van der Waals surface area contributed by atoms with Gasteiger partial charge in [-0.15, -0.1) is 0 Å². The molecule has 1 rings (SSSR count). The predicted octanol–water partition coefficient (Wildman–Crippen LogP) is 0.983. The van der Waals surface area contributed by atoms with Gasteiger partial charge in [0.15, 0.2) is 0 Å². The average Bonchev–Trinajstić information content (AvgIpc) is 2.16. The highest BCUT2D eigenvalue weighted by atomic mass is 16.5. The van der Waals surface area contributed by atoms with Crippen molar-refractivity contribution in [2.75, 3.05) is 14.2 Å². The summed E-state index contributed by atoms with van der Waals surface area (Å²) >= 11 is 0. The van der Waals surface area contributed by atoms with Crippen LogP contribution in [0.4, 0.5) is 0 Å². The van der Waals surface area contributed by atoms with Crippen molar-refractivity contribution in [2.45, 2.75) is 12.8 Å². The van der Waals surface area contributed by atoms with E-state index in [0.29, 0.717) is 5.57 Å². The van der Waals surface area contributed by atoms with Crippen LogP contribution in [0.2, 0.25) is 0 Å². The van der Waals surface area contributed by atoms with Crippen molar-refractivity contribution in [3.8, 4) is 0 Å². The molecule has 0 saturated carbocycles. The van der Waals surface area contributed by atoms with Crippen LogP contribution in [-0.2, 0) is 9.53 Å². The minimum Gasteiger partial charge on any atom is -0.500 e. The standard InChI is InChI=1S/C9H13NO2/c1-10-9(11)7-5-3-4-6-8(7)12-2/h3,5H,4,6H2,1-2H3,(H,10,11). The second kappa shape index (κ2) is 3.95. The van der Waals surface area contributed by atoms with Crippen LogP contribution in [-0.4, -0.2) is 20.1 Å². The van der Waals surface area contributed by atoms with Crippen LogP contribution in [0.3, 0.4) is 0 Å². The van der Waals surface area contributed by atoms with Gasteiger partial charge in [0, 0.05) is 13.5 Å². The molecule has 0 aliphatic heterocycles. The summed E-state index contributed by atoms with van der Waals surface area (Å²) < 4.78 is 5.09. The van der Waals surface area contributed by atoms with Gasteiger partial charge in [-0.3, -0.25) is 4.79 Å². The van der Waals surface area contributed by atoms with Gasteiger partial charge in [0.05, 0.1) is 12.7 Å². The molecule has 1 aliphatic rings. The lowest BCUT2D eigenvalue weighted by molar-refractivity contribution is -0.116. The normalized spacial score (nSPS) is 16.2. The van der Waals surface area contributed by atoms with Gasteiger partial charge in [0.2, 0.25) is 0 Å². The maximum atomic E-state index is 11.2. The Morgan fingerprint density at radius 2 is 2.42 bits per heavy atom. The van der Waals surface area contributed by atoms with E-state index in [9.17, 15) is 4.79 Å². The predicted molar refractivity (Wildman–Crippen MR) is 46.5 cm³/mol. The molecule has 1 aliphatic carbocycles. The molecule has 1 amide bonds. The molecule has 1 N–H and O–H groups in total. The van der Waals surface area contributed by atoms with Crippen molar-refractivity contribution in [3.63, 3.8) is 0 Å². The molecule has 66 valence electrons. The molecule has 12 heavy (non-hydrogen) atoms. The van der Waals surface area contributed by atoms with E-state index in [1.54, 1.807) is 20.2 Å². The number of ether oxygens (including phenoxy) is 1. The van der Waals surface area contributed by atoms with Crippen LogP contribution < -0.4 is 5.32 Å². The Balaban J connectivity index is 2.88. The zero-order chi connectivity index (χ0) is 8.97. The van der Waals surface area contributed by atoms with Crippen LogP contribution in [0.1, 0.15) is 12.8 Å². The third kappa shape index (κ3) is 1.67. The van der Waals surface area contributed by atoms with Crippen molar-refractivity contribution in [1.29, 1.82) is 0 Å². The number of methoxy groups -OCH3 is 1. The Morgan fingerprint density at radius 3 is 3.00 bits per heavy atom.